The maximum Gasteiger partial charge on any atom is 0.327 e. The molecule has 0 N–H and O–H groups in total. The quantitative estimate of drug-likeness (QED) is 0.122. The Morgan fingerprint density at radius 3 is 1.61 bits per heavy atom. The van der Waals surface area contributed by atoms with Gasteiger partial charge in [-0.2, -0.15) is 0 Å². The molecule has 0 amide bonds. The van der Waals surface area contributed by atoms with Crippen molar-refractivity contribution in [3.05, 3.63) is 11.6 Å². The lowest BCUT2D eigenvalue weighted by Crippen LogP contribution is -2.46. The average Bonchev–Trinajstić information content (AvgIpc) is 3.15. The van der Waals surface area contributed by atoms with Gasteiger partial charge in [0.05, 0.1) is 26.4 Å². The van der Waals surface area contributed by atoms with E-state index in [9.17, 15) is 19.2 Å². The number of allylic oxidation sites excluding steroid dienone is 1. The molecule has 0 aromatic heterocycles. The van der Waals surface area contributed by atoms with Gasteiger partial charge in [0.25, 0.3) is 0 Å². The van der Waals surface area contributed by atoms with E-state index in [-0.39, 0.29) is 32.8 Å². The molecule has 0 aliphatic heterocycles. The first kappa shape index (κ1) is 28.7. The van der Waals surface area contributed by atoms with Crippen LogP contribution in [0.3, 0.4) is 0 Å². The summed E-state index contributed by atoms with van der Waals surface area (Å²) in [5.74, 6) is -3.27. The molecule has 1 aliphatic carbocycles. The molecule has 0 bridgehead atoms. The second-order valence-corrected chi connectivity index (χ2v) is 8.16. The number of hydrogen-bond donors (Lipinski definition) is 0. The predicted octanol–water partition coefficient (Wildman–Crippen LogP) is 4.29. The second-order valence-electron chi connectivity index (χ2n) is 8.16. The molecule has 1 fully saturated rings. The third-order valence-electron chi connectivity index (χ3n) is 5.89. The van der Waals surface area contributed by atoms with E-state index in [2.05, 4.69) is 6.92 Å². The molecule has 1 saturated carbocycles. The molecule has 33 heavy (non-hydrogen) atoms. The number of hydrogen-bond acceptors (Lipinski definition) is 8. The molecule has 0 heterocycles. The van der Waals surface area contributed by atoms with Gasteiger partial charge in [0.15, 0.2) is 10.8 Å². The highest BCUT2D eigenvalue weighted by Gasteiger charge is 2.68. The van der Waals surface area contributed by atoms with Crippen LogP contribution in [-0.2, 0) is 38.1 Å². The summed E-state index contributed by atoms with van der Waals surface area (Å²) < 4.78 is 21.0. The highest BCUT2D eigenvalue weighted by molar-refractivity contribution is 6.10. The van der Waals surface area contributed by atoms with Gasteiger partial charge in [-0.25, -0.2) is 0 Å². The number of carbonyl (C=O) groups is 4. The third-order valence-corrected chi connectivity index (χ3v) is 5.89. The maximum atomic E-state index is 13.2. The topological polar surface area (TPSA) is 105 Å². The molecule has 0 unspecified atom stereocenters. The van der Waals surface area contributed by atoms with Crippen LogP contribution in [0.15, 0.2) is 11.6 Å². The number of carbonyl (C=O) groups excluding carboxylic acids is 4. The standard InChI is InChI=1S/C25H40O8/c1-6-11-12-13-14-15-16-19-17-24(20(26)30-7-2,21(27)31-8-3)18-25(19,22(28)32-9-4)23(29)33-10-5/h16H,6-15,17-18H2,1-5H3/b19-16+. The lowest BCUT2D eigenvalue weighted by atomic mass is 9.78. The van der Waals surface area contributed by atoms with Crippen LogP contribution < -0.4 is 0 Å². The lowest BCUT2D eigenvalue weighted by molar-refractivity contribution is -0.175. The van der Waals surface area contributed by atoms with Crippen LogP contribution in [0.4, 0.5) is 0 Å². The van der Waals surface area contributed by atoms with Crippen molar-refractivity contribution in [2.45, 2.75) is 86.0 Å². The van der Waals surface area contributed by atoms with Gasteiger partial charge in [-0.15, -0.1) is 0 Å². The summed E-state index contributed by atoms with van der Waals surface area (Å²) in [7, 11) is 0. The normalized spacial score (nSPS) is 17.4. The van der Waals surface area contributed by atoms with Crippen molar-refractivity contribution >= 4 is 23.9 Å². The number of ether oxygens (including phenoxy) is 4. The summed E-state index contributed by atoms with van der Waals surface area (Å²) in [6.07, 6.45) is 7.02. The smallest absolute Gasteiger partial charge is 0.327 e. The van der Waals surface area contributed by atoms with E-state index >= 15 is 0 Å². The summed E-state index contributed by atoms with van der Waals surface area (Å²) in [5, 5.41) is 0. The molecule has 1 rings (SSSR count). The predicted molar refractivity (Wildman–Crippen MR) is 122 cm³/mol. The van der Waals surface area contributed by atoms with Crippen molar-refractivity contribution in [1.82, 2.24) is 0 Å². The van der Waals surface area contributed by atoms with E-state index in [1.54, 1.807) is 33.8 Å². The molecular formula is C25H40O8. The monoisotopic (exact) mass is 468 g/mol. The first-order chi connectivity index (χ1) is 15.8. The minimum Gasteiger partial charge on any atom is -0.465 e. The fourth-order valence-corrected chi connectivity index (χ4v) is 4.28. The maximum absolute atomic E-state index is 13.2. The zero-order valence-corrected chi connectivity index (χ0v) is 20.8. The van der Waals surface area contributed by atoms with Gasteiger partial charge in [-0.3, -0.25) is 19.2 Å². The molecule has 0 aromatic carbocycles. The molecule has 0 atom stereocenters. The second kappa shape index (κ2) is 14.0. The van der Waals surface area contributed by atoms with Gasteiger partial charge >= 0.3 is 23.9 Å². The van der Waals surface area contributed by atoms with Crippen molar-refractivity contribution in [2.24, 2.45) is 10.8 Å². The van der Waals surface area contributed by atoms with Crippen LogP contribution >= 0.6 is 0 Å². The zero-order chi connectivity index (χ0) is 24.9. The summed E-state index contributed by atoms with van der Waals surface area (Å²) in [4.78, 5) is 52.6. The van der Waals surface area contributed by atoms with Crippen LogP contribution in [0.1, 0.15) is 86.0 Å². The zero-order valence-electron chi connectivity index (χ0n) is 20.8. The largest absolute Gasteiger partial charge is 0.465 e. The fourth-order valence-electron chi connectivity index (χ4n) is 4.28. The van der Waals surface area contributed by atoms with Gasteiger partial charge < -0.3 is 18.9 Å². The van der Waals surface area contributed by atoms with Gasteiger partial charge in [0, 0.05) is 6.42 Å². The van der Waals surface area contributed by atoms with Crippen molar-refractivity contribution in [3.63, 3.8) is 0 Å². The molecule has 0 saturated heterocycles. The Bertz CT molecular complexity index is 673. The van der Waals surface area contributed by atoms with Crippen molar-refractivity contribution in [2.75, 3.05) is 26.4 Å². The van der Waals surface area contributed by atoms with Gasteiger partial charge in [0.2, 0.25) is 0 Å². The van der Waals surface area contributed by atoms with E-state index in [0.717, 1.165) is 32.1 Å². The Balaban J connectivity index is 3.54. The molecule has 188 valence electrons. The first-order valence-corrected chi connectivity index (χ1v) is 12.2. The van der Waals surface area contributed by atoms with Crippen LogP contribution in [0.5, 0.6) is 0 Å². The van der Waals surface area contributed by atoms with E-state index in [1.165, 1.54) is 0 Å². The molecular weight excluding hydrogens is 428 g/mol. The van der Waals surface area contributed by atoms with Crippen LogP contribution in [0, 0.1) is 10.8 Å². The van der Waals surface area contributed by atoms with Crippen molar-refractivity contribution < 1.29 is 38.1 Å². The van der Waals surface area contributed by atoms with Crippen LogP contribution in [0.2, 0.25) is 0 Å². The van der Waals surface area contributed by atoms with Crippen molar-refractivity contribution in [3.8, 4) is 0 Å². The summed E-state index contributed by atoms with van der Waals surface area (Å²) >= 11 is 0. The Morgan fingerprint density at radius 2 is 1.15 bits per heavy atom. The third kappa shape index (κ3) is 6.58. The molecule has 1 aliphatic rings. The Hall–Kier alpha value is -2.38. The number of unbranched alkanes of at least 4 members (excludes halogenated alkanes) is 5. The fraction of sp³-hybridized carbons (Fsp3) is 0.760. The van der Waals surface area contributed by atoms with Gasteiger partial charge in [-0.1, -0.05) is 38.7 Å². The number of esters is 4. The lowest BCUT2D eigenvalue weighted by Gasteiger charge is -2.28. The SMILES string of the molecule is CCCCCCC/C=C1\CC(C(=O)OCC)(C(=O)OCC)CC1(C(=O)OCC)C(=O)OCC. The molecule has 0 aromatic rings. The molecule has 0 spiro atoms. The Morgan fingerprint density at radius 1 is 0.697 bits per heavy atom. The first-order valence-electron chi connectivity index (χ1n) is 12.2. The Labute approximate surface area is 197 Å². The minimum absolute atomic E-state index is 0.0378. The van der Waals surface area contributed by atoms with Gasteiger partial charge in [0.1, 0.15) is 0 Å². The van der Waals surface area contributed by atoms with Crippen molar-refractivity contribution in [1.29, 1.82) is 0 Å². The average molecular weight is 469 g/mol. The van der Waals surface area contributed by atoms with Crippen LogP contribution in [0.25, 0.3) is 0 Å². The van der Waals surface area contributed by atoms with E-state index in [4.69, 9.17) is 18.9 Å². The Kier molecular flexibility index (Phi) is 12.2. The van der Waals surface area contributed by atoms with Gasteiger partial charge in [-0.05, 0) is 52.5 Å². The highest BCUT2D eigenvalue weighted by Crippen LogP contribution is 2.56. The minimum atomic E-state index is -1.89. The van der Waals surface area contributed by atoms with Crippen LogP contribution in [-0.4, -0.2) is 50.3 Å². The molecule has 8 nitrogen and oxygen atoms in total. The number of rotatable bonds is 14. The summed E-state index contributed by atoms with van der Waals surface area (Å²) in [6.45, 7) is 8.82. The molecule has 8 heteroatoms. The van der Waals surface area contributed by atoms with E-state index < -0.39 is 41.1 Å². The summed E-state index contributed by atoms with van der Waals surface area (Å²) in [6, 6.07) is 0. The van der Waals surface area contributed by atoms with E-state index in [1.807, 2.05) is 0 Å². The molecule has 0 radical (unpaired) electrons. The highest BCUT2D eigenvalue weighted by atomic mass is 16.6. The summed E-state index contributed by atoms with van der Waals surface area (Å²) in [5.41, 5.74) is -3.36. The van der Waals surface area contributed by atoms with E-state index in [0.29, 0.717) is 12.0 Å².